The third kappa shape index (κ3) is 2.35. The van der Waals surface area contributed by atoms with Gasteiger partial charge in [-0.15, -0.1) is 0 Å². The van der Waals surface area contributed by atoms with E-state index in [0.29, 0.717) is 0 Å². The van der Waals surface area contributed by atoms with Gasteiger partial charge in [0.25, 0.3) is 0 Å². The van der Waals surface area contributed by atoms with Crippen LogP contribution < -0.4 is 0 Å². The number of carbonyl (C=O) groups excluding carboxylic acids is 1. The van der Waals surface area contributed by atoms with E-state index in [2.05, 4.69) is 5.10 Å². The maximum absolute atomic E-state index is 12.9. The maximum atomic E-state index is 12.9. The lowest BCUT2D eigenvalue weighted by atomic mass is 9.86. The van der Waals surface area contributed by atoms with Crippen molar-refractivity contribution >= 4 is 11.9 Å². The number of hydrogen-bond acceptors (Lipinski definition) is 3. The minimum Gasteiger partial charge on any atom is -0.481 e. The van der Waals surface area contributed by atoms with Crippen molar-refractivity contribution in [2.45, 2.75) is 19.1 Å². The number of aliphatic carboxylic acids is 1. The molecule has 1 unspecified atom stereocenters. The van der Waals surface area contributed by atoms with Crippen LogP contribution in [0.1, 0.15) is 6.42 Å². The van der Waals surface area contributed by atoms with Crippen molar-refractivity contribution in [2.75, 3.05) is 13.1 Å². The standard InChI is InChI=1S/C11H12F3N3O3/c12-11(13,14)10(9(19)20)2-5-16(7-10)8(18)6-17-4-1-3-15-17/h1,3-4H,2,5-7H2,(H,19,20). The molecule has 1 amide bonds. The maximum Gasteiger partial charge on any atom is 0.406 e. The summed E-state index contributed by atoms with van der Waals surface area (Å²) in [5.74, 6) is -2.53. The molecule has 2 rings (SSSR count). The number of likely N-dealkylation sites (tertiary alicyclic amines) is 1. The second-order valence-electron chi connectivity index (χ2n) is 4.65. The Morgan fingerprint density at radius 3 is 2.55 bits per heavy atom. The number of amides is 1. The molecular weight excluding hydrogens is 279 g/mol. The molecule has 2 heterocycles. The number of carbonyl (C=O) groups is 2. The molecule has 6 nitrogen and oxygen atoms in total. The molecule has 0 radical (unpaired) electrons. The number of rotatable bonds is 3. The van der Waals surface area contributed by atoms with E-state index in [1.807, 2.05) is 0 Å². The van der Waals surface area contributed by atoms with Crippen LogP contribution >= 0.6 is 0 Å². The van der Waals surface area contributed by atoms with Gasteiger partial charge in [-0.25, -0.2) is 0 Å². The van der Waals surface area contributed by atoms with E-state index < -0.39 is 36.4 Å². The van der Waals surface area contributed by atoms with Crippen LogP contribution in [0.2, 0.25) is 0 Å². The zero-order valence-corrected chi connectivity index (χ0v) is 10.3. The van der Waals surface area contributed by atoms with E-state index in [1.54, 1.807) is 6.07 Å². The summed E-state index contributed by atoms with van der Waals surface area (Å²) >= 11 is 0. The van der Waals surface area contributed by atoms with Crippen LogP contribution in [0.3, 0.4) is 0 Å². The lowest BCUT2D eigenvalue weighted by Gasteiger charge is -2.27. The van der Waals surface area contributed by atoms with Gasteiger partial charge in [-0.05, 0) is 12.5 Å². The predicted molar refractivity (Wildman–Crippen MR) is 59.5 cm³/mol. The Hall–Kier alpha value is -2.06. The summed E-state index contributed by atoms with van der Waals surface area (Å²) in [6, 6.07) is 1.58. The van der Waals surface area contributed by atoms with Gasteiger partial charge >= 0.3 is 12.1 Å². The first-order valence-electron chi connectivity index (χ1n) is 5.81. The molecule has 1 N–H and O–H groups in total. The Kier molecular flexibility index (Phi) is 3.45. The fourth-order valence-corrected chi connectivity index (χ4v) is 2.18. The number of alkyl halides is 3. The second-order valence-corrected chi connectivity index (χ2v) is 4.65. The molecule has 0 aliphatic carbocycles. The van der Waals surface area contributed by atoms with E-state index in [4.69, 9.17) is 5.11 Å². The molecule has 1 aromatic heterocycles. The smallest absolute Gasteiger partial charge is 0.406 e. The van der Waals surface area contributed by atoms with Crippen LogP contribution in [0.25, 0.3) is 0 Å². The van der Waals surface area contributed by atoms with E-state index in [-0.39, 0.29) is 13.1 Å². The van der Waals surface area contributed by atoms with Gasteiger partial charge in [-0.3, -0.25) is 14.3 Å². The van der Waals surface area contributed by atoms with Crippen LogP contribution in [0.15, 0.2) is 18.5 Å². The van der Waals surface area contributed by atoms with E-state index in [1.165, 1.54) is 17.1 Å². The Morgan fingerprint density at radius 2 is 2.10 bits per heavy atom. The summed E-state index contributed by atoms with van der Waals surface area (Å²) in [6.45, 7) is -1.29. The first-order chi connectivity index (χ1) is 9.26. The number of nitrogens with zero attached hydrogens (tertiary/aromatic N) is 3. The van der Waals surface area contributed by atoms with Crippen molar-refractivity contribution in [3.05, 3.63) is 18.5 Å². The topological polar surface area (TPSA) is 75.4 Å². The van der Waals surface area contributed by atoms with Gasteiger partial charge < -0.3 is 10.0 Å². The van der Waals surface area contributed by atoms with E-state index in [9.17, 15) is 22.8 Å². The first-order valence-corrected chi connectivity index (χ1v) is 5.81. The van der Waals surface area contributed by atoms with Crippen molar-refractivity contribution in [3.8, 4) is 0 Å². The number of aromatic nitrogens is 2. The highest BCUT2D eigenvalue weighted by atomic mass is 19.4. The summed E-state index contributed by atoms with van der Waals surface area (Å²) in [4.78, 5) is 23.8. The highest BCUT2D eigenvalue weighted by molar-refractivity contribution is 5.81. The lowest BCUT2D eigenvalue weighted by Crippen LogP contribution is -2.48. The molecule has 110 valence electrons. The van der Waals surface area contributed by atoms with Crippen molar-refractivity contribution in [1.29, 1.82) is 0 Å². The molecule has 0 bridgehead atoms. The number of halogens is 3. The largest absolute Gasteiger partial charge is 0.481 e. The first kappa shape index (κ1) is 14.4. The van der Waals surface area contributed by atoms with Crippen LogP contribution in [-0.2, 0) is 16.1 Å². The van der Waals surface area contributed by atoms with Crippen molar-refractivity contribution in [3.63, 3.8) is 0 Å². The molecule has 1 saturated heterocycles. The van der Waals surface area contributed by atoms with Gasteiger partial charge in [-0.2, -0.15) is 18.3 Å². The van der Waals surface area contributed by atoms with Crippen molar-refractivity contribution in [1.82, 2.24) is 14.7 Å². The highest BCUT2D eigenvalue weighted by Gasteiger charge is 2.64. The van der Waals surface area contributed by atoms with Crippen molar-refractivity contribution in [2.24, 2.45) is 5.41 Å². The minimum absolute atomic E-state index is 0.208. The zero-order valence-electron chi connectivity index (χ0n) is 10.3. The molecule has 1 aliphatic rings. The van der Waals surface area contributed by atoms with Crippen LogP contribution in [-0.4, -0.2) is 50.9 Å². The summed E-state index contributed by atoms with van der Waals surface area (Å²) in [5.41, 5.74) is -2.87. The van der Waals surface area contributed by atoms with Gasteiger partial charge in [-0.1, -0.05) is 0 Å². The van der Waals surface area contributed by atoms with Gasteiger partial charge in [0, 0.05) is 25.5 Å². The molecule has 0 spiro atoms. The summed E-state index contributed by atoms with van der Waals surface area (Å²) in [5, 5.41) is 12.7. The third-order valence-electron chi connectivity index (χ3n) is 3.43. The molecule has 1 fully saturated rings. The van der Waals surface area contributed by atoms with Gasteiger partial charge in [0.1, 0.15) is 6.54 Å². The Labute approximate surface area is 111 Å². The van der Waals surface area contributed by atoms with E-state index >= 15 is 0 Å². The molecule has 0 aromatic carbocycles. The van der Waals surface area contributed by atoms with Crippen LogP contribution in [0.4, 0.5) is 13.2 Å². The van der Waals surface area contributed by atoms with Gasteiger partial charge in [0.05, 0.1) is 0 Å². The molecule has 9 heteroatoms. The highest BCUT2D eigenvalue weighted by Crippen LogP contribution is 2.45. The molecular formula is C11H12F3N3O3. The predicted octanol–water partition coefficient (Wildman–Crippen LogP) is 0.749. The van der Waals surface area contributed by atoms with Crippen LogP contribution in [0, 0.1) is 5.41 Å². The monoisotopic (exact) mass is 291 g/mol. The normalized spacial score (nSPS) is 23.1. The molecule has 0 saturated carbocycles. The van der Waals surface area contributed by atoms with E-state index in [0.717, 1.165) is 4.90 Å². The number of carboxylic acids is 1. The lowest BCUT2D eigenvalue weighted by molar-refractivity contribution is -0.227. The molecule has 1 aromatic rings. The minimum atomic E-state index is -4.89. The zero-order chi connectivity index (χ0) is 15.0. The van der Waals surface area contributed by atoms with Gasteiger partial charge in [0.2, 0.25) is 5.91 Å². The fourth-order valence-electron chi connectivity index (χ4n) is 2.18. The third-order valence-corrected chi connectivity index (χ3v) is 3.43. The second kappa shape index (κ2) is 4.80. The molecule has 20 heavy (non-hydrogen) atoms. The SMILES string of the molecule is O=C(Cn1cccn1)N1CCC(C(=O)O)(C(F)(F)F)C1. The Balaban J connectivity index is 2.11. The fraction of sp³-hybridized carbons (Fsp3) is 0.545. The summed E-state index contributed by atoms with van der Waals surface area (Å²) in [7, 11) is 0. The average Bonchev–Trinajstić information content (AvgIpc) is 2.96. The summed E-state index contributed by atoms with van der Waals surface area (Å²) < 4.78 is 40.1. The quantitative estimate of drug-likeness (QED) is 0.891. The van der Waals surface area contributed by atoms with Gasteiger partial charge in [0.15, 0.2) is 5.41 Å². The Morgan fingerprint density at radius 1 is 1.40 bits per heavy atom. The summed E-state index contributed by atoms with van der Waals surface area (Å²) in [6.07, 6.45) is -2.58. The van der Waals surface area contributed by atoms with Crippen molar-refractivity contribution < 1.29 is 27.9 Å². The molecule has 1 atom stereocenters. The molecule has 1 aliphatic heterocycles. The average molecular weight is 291 g/mol. The Bertz CT molecular complexity index is 515. The van der Waals surface area contributed by atoms with Crippen LogP contribution in [0.5, 0.6) is 0 Å². The number of carboxylic acid groups (broad SMARTS) is 1. The number of hydrogen-bond donors (Lipinski definition) is 1.